The third kappa shape index (κ3) is 2.86. The molecule has 0 aliphatic heterocycles. The van der Waals surface area contributed by atoms with Gasteiger partial charge in [0.25, 0.3) is 0 Å². The quantitative estimate of drug-likeness (QED) is 0.751. The molecule has 0 aliphatic carbocycles. The maximum atomic E-state index is 4.45. The molecule has 0 bridgehead atoms. The maximum Gasteiger partial charge on any atom is 0.247 e. The van der Waals surface area contributed by atoms with Crippen LogP contribution in [0.2, 0.25) is 0 Å². The summed E-state index contributed by atoms with van der Waals surface area (Å²) >= 11 is 3.32. The Bertz CT molecular complexity index is 717. The summed E-state index contributed by atoms with van der Waals surface area (Å²) in [5.74, 6) is 0.594. The van der Waals surface area contributed by atoms with Gasteiger partial charge in [0.15, 0.2) is 5.16 Å². The highest BCUT2D eigenvalue weighted by atomic mass is 32.2. The average molecular weight is 302 g/mol. The number of aromatic amines is 1. The monoisotopic (exact) mass is 302 g/mol. The lowest BCUT2D eigenvalue weighted by Crippen LogP contribution is -1.94. The van der Waals surface area contributed by atoms with Gasteiger partial charge >= 0.3 is 0 Å². The number of nitrogens with zero attached hydrogens (tertiary/aromatic N) is 2. The van der Waals surface area contributed by atoms with Crippen molar-refractivity contribution in [3.63, 3.8) is 0 Å². The average Bonchev–Trinajstić information content (AvgIpc) is 3.03. The van der Waals surface area contributed by atoms with E-state index in [-0.39, 0.29) is 0 Å². The molecule has 0 atom stereocenters. The van der Waals surface area contributed by atoms with Crippen LogP contribution in [0.1, 0.15) is 11.1 Å². The molecule has 4 nitrogen and oxygen atoms in total. The fraction of sp³-hybridized carbons (Fsp3) is 0.143. The molecule has 0 unspecified atom stereocenters. The third-order valence-corrected chi connectivity index (χ3v) is 5.09. The van der Waals surface area contributed by atoms with Crippen LogP contribution in [0.25, 0.3) is 0 Å². The zero-order valence-electron chi connectivity index (χ0n) is 11.2. The van der Waals surface area contributed by atoms with Gasteiger partial charge in [-0.3, -0.25) is 5.10 Å². The second kappa shape index (κ2) is 5.68. The molecule has 3 aromatic rings. The molecule has 102 valence electrons. The zero-order valence-corrected chi connectivity index (χ0v) is 12.8. The highest BCUT2D eigenvalue weighted by molar-refractivity contribution is 8.01. The van der Waals surface area contributed by atoms with Gasteiger partial charge in [-0.2, -0.15) is 4.98 Å². The van der Waals surface area contributed by atoms with Crippen molar-refractivity contribution < 1.29 is 0 Å². The lowest BCUT2D eigenvalue weighted by Gasteiger charge is -2.04. The van der Waals surface area contributed by atoms with E-state index in [1.54, 1.807) is 23.1 Å². The molecule has 2 aromatic heterocycles. The first kappa shape index (κ1) is 13.2. The van der Waals surface area contributed by atoms with Crippen LogP contribution < -0.4 is 5.32 Å². The van der Waals surface area contributed by atoms with Gasteiger partial charge in [0.1, 0.15) is 0 Å². The number of nitrogens with one attached hydrogen (secondary N) is 2. The molecule has 1 aromatic carbocycles. The molecule has 6 heteroatoms. The van der Waals surface area contributed by atoms with E-state index in [1.807, 2.05) is 18.2 Å². The highest BCUT2D eigenvalue weighted by Gasteiger charge is 2.08. The summed E-state index contributed by atoms with van der Waals surface area (Å²) < 4.78 is 1.24. The molecule has 0 fully saturated rings. The summed E-state index contributed by atoms with van der Waals surface area (Å²) in [6, 6.07) is 10.2. The number of rotatable bonds is 4. The molecule has 2 heterocycles. The van der Waals surface area contributed by atoms with Crippen LogP contribution in [0, 0.1) is 13.8 Å². The van der Waals surface area contributed by atoms with Crippen LogP contribution in [0.3, 0.4) is 0 Å². The molecule has 0 saturated carbocycles. The Hall–Kier alpha value is -1.79. The van der Waals surface area contributed by atoms with Gasteiger partial charge in [-0.25, -0.2) is 0 Å². The Morgan fingerprint density at radius 2 is 2.00 bits per heavy atom. The van der Waals surface area contributed by atoms with Crippen LogP contribution in [0.5, 0.6) is 0 Å². The molecule has 3 rings (SSSR count). The topological polar surface area (TPSA) is 53.6 Å². The zero-order chi connectivity index (χ0) is 13.9. The number of anilines is 2. The van der Waals surface area contributed by atoms with Gasteiger partial charge in [0.2, 0.25) is 5.95 Å². The lowest BCUT2D eigenvalue weighted by atomic mass is 10.2. The first-order valence-electron chi connectivity index (χ1n) is 6.19. The second-order valence-electron chi connectivity index (χ2n) is 4.40. The Balaban J connectivity index is 1.74. The van der Waals surface area contributed by atoms with Crippen LogP contribution in [0.4, 0.5) is 11.6 Å². The second-order valence-corrected chi connectivity index (χ2v) is 6.57. The molecule has 0 aliphatic rings. The van der Waals surface area contributed by atoms with Gasteiger partial charge in [-0.05, 0) is 54.2 Å². The van der Waals surface area contributed by atoms with Crippen molar-refractivity contribution >= 4 is 34.7 Å². The van der Waals surface area contributed by atoms with Crippen molar-refractivity contribution in [2.24, 2.45) is 0 Å². The summed E-state index contributed by atoms with van der Waals surface area (Å²) in [5.41, 5.74) is 3.46. The molecule has 0 radical (unpaired) electrons. The Morgan fingerprint density at radius 1 is 1.15 bits per heavy atom. The minimum atomic E-state index is 0.594. The van der Waals surface area contributed by atoms with E-state index in [9.17, 15) is 0 Å². The SMILES string of the molecule is Cc1ccccc1Nc1n[nH]c(Sc2sccc2C)n1. The summed E-state index contributed by atoms with van der Waals surface area (Å²) in [6.45, 7) is 4.15. The van der Waals surface area contributed by atoms with Gasteiger partial charge in [-0.1, -0.05) is 18.2 Å². The first-order chi connectivity index (χ1) is 9.72. The number of H-pyrrole nitrogens is 1. The molecule has 0 amide bonds. The molecular weight excluding hydrogens is 288 g/mol. The van der Waals surface area contributed by atoms with Gasteiger partial charge in [0.05, 0.1) is 4.21 Å². The number of para-hydroxylation sites is 1. The van der Waals surface area contributed by atoms with Crippen LogP contribution in [0.15, 0.2) is 45.1 Å². The van der Waals surface area contributed by atoms with Gasteiger partial charge in [0, 0.05) is 5.69 Å². The fourth-order valence-electron chi connectivity index (χ4n) is 1.73. The molecule has 0 saturated heterocycles. The van der Waals surface area contributed by atoms with Crippen molar-refractivity contribution in [2.45, 2.75) is 23.2 Å². The summed E-state index contributed by atoms with van der Waals surface area (Å²) in [7, 11) is 0. The van der Waals surface area contributed by atoms with Crippen molar-refractivity contribution in [1.82, 2.24) is 15.2 Å². The number of aryl methyl sites for hydroxylation is 2. The predicted octanol–water partition coefficient (Wildman–Crippen LogP) is 4.38. The van der Waals surface area contributed by atoms with Crippen molar-refractivity contribution in [1.29, 1.82) is 0 Å². The minimum absolute atomic E-state index is 0.594. The Kier molecular flexibility index (Phi) is 3.75. The van der Waals surface area contributed by atoms with Crippen molar-refractivity contribution in [2.75, 3.05) is 5.32 Å². The molecule has 20 heavy (non-hydrogen) atoms. The van der Waals surface area contributed by atoms with Crippen molar-refractivity contribution in [3.05, 3.63) is 46.8 Å². The molecule has 2 N–H and O–H groups in total. The van der Waals surface area contributed by atoms with E-state index < -0.39 is 0 Å². The number of hydrogen-bond acceptors (Lipinski definition) is 5. The number of thiophene rings is 1. The minimum Gasteiger partial charge on any atom is -0.323 e. The van der Waals surface area contributed by atoms with E-state index in [4.69, 9.17) is 0 Å². The predicted molar refractivity (Wildman–Crippen MR) is 84.0 cm³/mol. The number of benzene rings is 1. The molecular formula is C14H14N4S2. The number of aromatic nitrogens is 3. The largest absolute Gasteiger partial charge is 0.323 e. The highest BCUT2D eigenvalue weighted by Crippen LogP contribution is 2.32. The van der Waals surface area contributed by atoms with Crippen molar-refractivity contribution in [3.8, 4) is 0 Å². The van der Waals surface area contributed by atoms with E-state index in [2.05, 4.69) is 51.9 Å². The van der Waals surface area contributed by atoms with E-state index in [0.29, 0.717) is 5.95 Å². The van der Waals surface area contributed by atoms with Crippen LogP contribution >= 0.6 is 23.1 Å². The first-order valence-corrected chi connectivity index (χ1v) is 7.89. The third-order valence-electron chi connectivity index (χ3n) is 2.86. The van der Waals surface area contributed by atoms with E-state index >= 15 is 0 Å². The van der Waals surface area contributed by atoms with Gasteiger partial charge in [-0.15, -0.1) is 16.4 Å². The smallest absolute Gasteiger partial charge is 0.247 e. The Morgan fingerprint density at radius 3 is 2.75 bits per heavy atom. The van der Waals surface area contributed by atoms with Crippen LogP contribution in [-0.2, 0) is 0 Å². The summed E-state index contributed by atoms with van der Waals surface area (Å²) in [4.78, 5) is 4.45. The number of hydrogen-bond donors (Lipinski definition) is 2. The normalized spacial score (nSPS) is 10.7. The maximum absolute atomic E-state index is 4.45. The van der Waals surface area contributed by atoms with Gasteiger partial charge < -0.3 is 5.32 Å². The fourth-order valence-corrected chi connectivity index (χ4v) is 3.61. The van der Waals surface area contributed by atoms with E-state index in [0.717, 1.165) is 10.8 Å². The van der Waals surface area contributed by atoms with E-state index in [1.165, 1.54) is 15.3 Å². The summed E-state index contributed by atoms with van der Waals surface area (Å²) in [6.07, 6.45) is 0. The molecule has 0 spiro atoms. The summed E-state index contributed by atoms with van der Waals surface area (Å²) in [5, 5.41) is 13.3. The lowest BCUT2D eigenvalue weighted by molar-refractivity contribution is 0.974. The Labute approximate surface area is 125 Å². The standard InChI is InChI=1S/C14H14N4S2/c1-9-5-3-4-6-11(9)15-13-16-14(18-17-13)20-12-10(2)7-8-19-12/h3-8H,1-2H3,(H2,15,16,17,18). The van der Waals surface area contributed by atoms with Crippen LogP contribution in [-0.4, -0.2) is 15.2 Å².